The van der Waals surface area contributed by atoms with Gasteiger partial charge in [0.15, 0.2) is 0 Å². The van der Waals surface area contributed by atoms with Gasteiger partial charge in [0.2, 0.25) is 0 Å². The third kappa shape index (κ3) is 4.22. The maximum atomic E-state index is 10.2. The number of aryl methyl sites for hydroxylation is 2. The second-order valence-electron chi connectivity index (χ2n) is 6.97. The first kappa shape index (κ1) is 15.3. The smallest absolute Gasteiger partial charge is 0.0839 e. The van der Waals surface area contributed by atoms with E-state index in [4.69, 9.17) is 0 Å². The molecule has 0 spiro atoms. The quantitative estimate of drug-likeness (QED) is 0.887. The Balaban J connectivity index is 1.98. The number of benzene rings is 1. The van der Waals surface area contributed by atoms with Crippen molar-refractivity contribution in [2.75, 3.05) is 24.5 Å². The fraction of sp³-hybridized carbons (Fsp3) is 0.647. The van der Waals surface area contributed by atoms with E-state index in [1.54, 1.807) is 0 Å². The van der Waals surface area contributed by atoms with Crippen LogP contribution in [0.4, 0.5) is 5.69 Å². The Kier molecular flexibility index (Phi) is 4.71. The minimum absolute atomic E-state index is 0.0535. The molecule has 1 aliphatic heterocycles. The first-order valence-corrected chi connectivity index (χ1v) is 7.63. The van der Waals surface area contributed by atoms with Crippen molar-refractivity contribution in [2.45, 2.75) is 52.2 Å². The Bertz CT molecular complexity index is 451. The summed E-state index contributed by atoms with van der Waals surface area (Å²) in [6, 6.07) is 6.64. The molecule has 20 heavy (non-hydrogen) atoms. The number of aliphatic hydroxyl groups excluding tert-OH is 1. The molecule has 1 unspecified atom stereocenters. The van der Waals surface area contributed by atoms with Crippen LogP contribution in [0.1, 0.15) is 38.3 Å². The van der Waals surface area contributed by atoms with Crippen molar-refractivity contribution >= 4 is 5.69 Å². The molecule has 0 aromatic heterocycles. The van der Waals surface area contributed by atoms with Gasteiger partial charge < -0.3 is 15.3 Å². The number of anilines is 1. The molecule has 2 N–H and O–H groups in total. The van der Waals surface area contributed by atoms with Crippen LogP contribution in [0.25, 0.3) is 0 Å². The molecule has 3 nitrogen and oxygen atoms in total. The van der Waals surface area contributed by atoms with Gasteiger partial charge in [-0.05, 0) is 52.2 Å². The van der Waals surface area contributed by atoms with E-state index in [2.05, 4.69) is 56.1 Å². The molecule has 0 aliphatic carbocycles. The minimum atomic E-state index is -0.332. The van der Waals surface area contributed by atoms with Gasteiger partial charge in [-0.25, -0.2) is 0 Å². The van der Waals surface area contributed by atoms with E-state index >= 15 is 0 Å². The van der Waals surface area contributed by atoms with Gasteiger partial charge in [0.25, 0.3) is 0 Å². The zero-order valence-corrected chi connectivity index (χ0v) is 13.2. The molecule has 3 heteroatoms. The first-order valence-electron chi connectivity index (χ1n) is 7.63. The van der Waals surface area contributed by atoms with Crippen LogP contribution in [-0.2, 0) is 6.42 Å². The zero-order valence-electron chi connectivity index (χ0n) is 13.2. The summed E-state index contributed by atoms with van der Waals surface area (Å²) in [7, 11) is 0. The van der Waals surface area contributed by atoms with Crippen LogP contribution < -0.4 is 10.2 Å². The summed E-state index contributed by atoms with van der Waals surface area (Å²) < 4.78 is 0. The summed E-state index contributed by atoms with van der Waals surface area (Å²) in [6.07, 6.45) is 2.00. The molecular weight excluding hydrogens is 248 g/mol. The average molecular weight is 276 g/mol. The SMILES string of the molecule is Cc1ccc2c(c1)CCCN2CC(O)CNC(C)(C)C. The molecule has 1 aliphatic rings. The van der Waals surface area contributed by atoms with Crippen LogP contribution >= 0.6 is 0 Å². The third-order valence-corrected chi connectivity index (χ3v) is 3.75. The summed E-state index contributed by atoms with van der Waals surface area (Å²) >= 11 is 0. The van der Waals surface area contributed by atoms with E-state index in [9.17, 15) is 5.11 Å². The van der Waals surface area contributed by atoms with Gasteiger partial charge in [0.05, 0.1) is 6.10 Å². The van der Waals surface area contributed by atoms with Gasteiger partial charge in [-0.1, -0.05) is 17.7 Å². The van der Waals surface area contributed by atoms with Gasteiger partial charge in [0.1, 0.15) is 0 Å². The minimum Gasteiger partial charge on any atom is -0.390 e. The lowest BCUT2D eigenvalue weighted by molar-refractivity contribution is 0.165. The van der Waals surface area contributed by atoms with Crippen LogP contribution in [0, 0.1) is 6.92 Å². The van der Waals surface area contributed by atoms with Crippen molar-refractivity contribution in [3.63, 3.8) is 0 Å². The van der Waals surface area contributed by atoms with Crippen LogP contribution in [-0.4, -0.2) is 36.4 Å². The number of rotatable bonds is 4. The Morgan fingerprint density at radius 3 is 2.80 bits per heavy atom. The molecule has 0 amide bonds. The van der Waals surface area contributed by atoms with Crippen molar-refractivity contribution in [1.29, 1.82) is 0 Å². The molecular formula is C17H28N2O. The highest BCUT2D eigenvalue weighted by molar-refractivity contribution is 5.56. The molecule has 0 fully saturated rings. The lowest BCUT2D eigenvalue weighted by Crippen LogP contribution is -2.45. The fourth-order valence-corrected chi connectivity index (χ4v) is 2.74. The highest BCUT2D eigenvalue weighted by Gasteiger charge is 2.20. The molecule has 2 rings (SSSR count). The molecule has 1 atom stereocenters. The topological polar surface area (TPSA) is 35.5 Å². The molecule has 112 valence electrons. The monoisotopic (exact) mass is 276 g/mol. The lowest BCUT2D eigenvalue weighted by atomic mass is 9.99. The van der Waals surface area contributed by atoms with E-state index in [1.807, 2.05) is 0 Å². The number of hydrogen-bond donors (Lipinski definition) is 2. The average Bonchev–Trinajstić information content (AvgIpc) is 2.35. The Morgan fingerprint density at radius 2 is 2.10 bits per heavy atom. The van der Waals surface area contributed by atoms with Crippen LogP contribution in [0.15, 0.2) is 18.2 Å². The molecule has 0 bridgehead atoms. The summed E-state index contributed by atoms with van der Waals surface area (Å²) in [5.41, 5.74) is 4.10. The van der Waals surface area contributed by atoms with Crippen LogP contribution in [0.2, 0.25) is 0 Å². The Hall–Kier alpha value is -1.06. The standard InChI is InChI=1S/C17H28N2O/c1-13-7-8-16-14(10-13)6-5-9-19(16)12-15(20)11-18-17(2,3)4/h7-8,10,15,18,20H,5-6,9,11-12H2,1-4H3. The van der Waals surface area contributed by atoms with E-state index in [0.29, 0.717) is 13.1 Å². The number of aliphatic hydroxyl groups is 1. The van der Waals surface area contributed by atoms with E-state index in [-0.39, 0.29) is 11.6 Å². The van der Waals surface area contributed by atoms with Crippen LogP contribution in [0.5, 0.6) is 0 Å². The third-order valence-electron chi connectivity index (χ3n) is 3.75. The second kappa shape index (κ2) is 6.15. The molecule has 1 aromatic rings. The lowest BCUT2D eigenvalue weighted by Gasteiger charge is -2.34. The van der Waals surface area contributed by atoms with Gasteiger partial charge >= 0.3 is 0 Å². The van der Waals surface area contributed by atoms with Gasteiger partial charge in [-0.3, -0.25) is 0 Å². The van der Waals surface area contributed by atoms with Crippen LogP contribution in [0.3, 0.4) is 0 Å². The number of nitrogens with zero attached hydrogens (tertiary/aromatic N) is 1. The van der Waals surface area contributed by atoms with Crippen molar-refractivity contribution < 1.29 is 5.11 Å². The summed E-state index contributed by atoms with van der Waals surface area (Å²) in [5.74, 6) is 0. The fourth-order valence-electron chi connectivity index (χ4n) is 2.74. The van der Waals surface area contributed by atoms with Gasteiger partial charge in [0, 0.05) is 30.9 Å². The number of β-amino-alcohol motifs (C(OH)–C–C–N with tert-alkyl or cyclic N) is 1. The molecule has 0 saturated carbocycles. The summed E-state index contributed by atoms with van der Waals surface area (Å²) in [6.45, 7) is 10.9. The summed E-state index contributed by atoms with van der Waals surface area (Å²) in [5, 5.41) is 13.6. The van der Waals surface area contributed by atoms with Crippen molar-refractivity contribution in [1.82, 2.24) is 5.32 Å². The molecule has 1 heterocycles. The van der Waals surface area contributed by atoms with Crippen molar-refractivity contribution in [3.8, 4) is 0 Å². The van der Waals surface area contributed by atoms with Gasteiger partial charge in [-0.15, -0.1) is 0 Å². The Morgan fingerprint density at radius 1 is 1.35 bits per heavy atom. The highest BCUT2D eigenvalue weighted by atomic mass is 16.3. The van der Waals surface area contributed by atoms with E-state index in [1.165, 1.54) is 23.2 Å². The Labute approximate surface area is 123 Å². The first-order chi connectivity index (χ1) is 9.35. The molecule has 0 radical (unpaired) electrons. The van der Waals surface area contributed by atoms with Crippen molar-refractivity contribution in [2.24, 2.45) is 0 Å². The predicted octanol–water partition coefficient (Wildman–Crippen LogP) is 2.50. The number of fused-ring (bicyclic) bond motifs is 1. The van der Waals surface area contributed by atoms with E-state index < -0.39 is 0 Å². The maximum absolute atomic E-state index is 10.2. The second-order valence-corrected chi connectivity index (χ2v) is 6.97. The largest absolute Gasteiger partial charge is 0.390 e. The summed E-state index contributed by atoms with van der Waals surface area (Å²) in [4.78, 5) is 2.33. The predicted molar refractivity (Wildman–Crippen MR) is 85.5 cm³/mol. The van der Waals surface area contributed by atoms with Gasteiger partial charge in [-0.2, -0.15) is 0 Å². The normalized spacial score (nSPS) is 16.9. The van der Waals surface area contributed by atoms with Crippen molar-refractivity contribution in [3.05, 3.63) is 29.3 Å². The molecule has 1 aromatic carbocycles. The molecule has 0 saturated heterocycles. The highest BCUT2D eigenvalue weighted by Crippen LogP contribution is 2.27. The number of hydrogen-bond acceptors (Lipinski definition) is 3. The maximum Gasteiger partial charge on any atom is 0.0839 e. The number of nitrogens with one attached hydrogen (secondary N) is 1. The zero-order chi connectivity index (χ0) is 14.8. The van der Waals surface area contributed by atoms with E-state index in [0.717, 1.165) is 13.0 Å².